The second-order valence-corrected chi connectivity index (χ2v) is 7.87. The van der Waals surface area contributed by atoms with Crippen LogP contribution in [-0.2, 0) is 14.3 Å². The second kappa shape index (κ2) is 7.40. The number of carboxylic acid groups (broad SMARTS) is 1. The number of hydrogen-bond donors (Lipinski definition) is 1. The molecule has 2 saturated heterocycles. The summed E-state index contributed by atoms with van der Waals surface area (Å²) in [7, 11) is 1.69. The molecule has 3 fully saturated rings. The van der Waals surface area contributed by atoms with E-state index >= 15 is 0 Å². The van der Waals surface area contributed by atoms with Gasteiger partial charge < -0.3 is 19.6 Å². The second-order valence-electron chi connectivity index (χ2n) is 7.87. The normalized spacial score (nSPS) is 30.9. The molecular formula is C18H30N2O4. The van der Waals surface area contributed by atoms with E-state index in [-0.39, 0.29) is 11.8 Å². The van der Waals surface area contributed by atoms with Crippen LogP contribution in [0, 0.1) is 17.3 Å². The Morgan fingerprint density at radius 1 is 1.21 bits per heavy atom. The quantitative estimate of drug-likeness (QED) is 0.712. The molecule has 1 aliphatic carbocycles. The first kappa shape index (κ1) is 17.7. The fourth-order valence-electron chi connectivity index (χ4n) is 4.86. The minimum Gasteiger partial charge on any atom is -0.481 e. The maximum Gasteiger partial charge on any atom is 0.313 e. The van der Waals surface area contributed by atoms with Gasteiger partial charge in [-0.2, -0.15) is 0 Å². The van der Waals surface area contributed by atoms with Crippen LogP contribution in [-0.4, -0.2) is 73.2 Å². The van der Waals surface area contributed by atoms with Crippen molar-refractivity contribution in [2.24, 2.45) is 17.3 Å². The van der Waals surface area contributed by atoms with Crippen LogP contribution < -0.4 is 0 Å². The van der Waals surface area contributed by atoms with Gasteiger partial charge in [0.1, 0.15) is 5.41 Å². The van der Waals surface area contributed by atoms with Gasteiger partial charge in [0, 0.05) is 58.8 Å². The number of rotatable bonds is 7. The van der Waals surface area contributed by atoms with Crippen molar-refractivity contribution in [1.82, 2.24) is 9.80 Å². The minimum absolute atomic E-state index is 0.0603. The van der Waals surface area contributed by atoms with Crippen molar-refractivity contribution in [3.8, 4) is 0 Å². The van der Waals surface area contributed by atoms with Gasteiger partial charge in [-0.05, 0) is 25.2 Å². The zero-order valence-electron chi connectivity index (χ0n) is 14.7. The van der Waals surface area contributed by atoms with Gasteiger partial charge in [0.2, 0.25) is 5.91 Å². The van der Waals surface area contributed by atoms with Crippen molar-refractivity contribution >= 4 is 11.9 Å². The Kier molecular flexibility index (Phi) is 5.45. The molecule has 0 unspecified atom stereocenters. The highest BCUT2D eigenvalue weighted by Crippen LogP contribution is 2.43. The highest BCUT2D eigenvalue weighted by molar-refractivity contribution is 5.81. The predicted molar refractivity (Wildman–Crippen MR) is 89.6 cm³/mol. The number of aliphatic carboxylic acids is 1. The average molecular weight is 338 g/mol. The van der Waals surface area contributed by atoms with E-state index in [0.29, 0.717) is 38.6 Å². The van der Waals surface area contributed by atoms with Crippen molar-refractivity contribution in [1.29, 1.82) is 0 Å². The third kappa shape index (κ3) is 3.45. The molecule has 0 radical (unpaired) electrons. The van der Waals surface area contributed by atoms with Crippen LogP contribution in [0.4, 0.5) is 0 Å². The molecule has 2 aliphatic heterocycles. The minimum atomic E-state index is -0.765. The Hall–Kier alpha value is -1.14. The van der Waals surface area contributed by atoms with Gasteiger partial charge in [-0.25, -0.2) is 0 Å². The Bertz CT molecular complexity index is 478. The number of carbonyl (C=O) groups excluding carboxylic acids is 1. The van der Waals surface area contributed by atoms with Gasteiger partial charge in [0.25, 0.3) is 0 Å². The first-order valence-corrected chi connectivity index (χ1v) is 9.27. The molecule has 1 amide bonds. The Morgan fingerprint density at radius 2 is 1.96 bits per heavy atom. The molecular weight excluding hydrogens is 308 g/mol. The van der Waals surface area contributed by atoms with E-state index in [9.17, 15) is 14.7 Å². The maximum absolute atomic E-state index is 12.6. The number of hydrogen-bond acceptors (Lipinski definition) is 4. The molecule has 6 heteroatoms. The van der Waals surface area contributed by atoms with E-state index < -0.39 is 11.4 Å². The van der Waals surface area contributed by atoms with Crippen LogP contribution in [0.15, 0.2) is 0 Å². The third-order valence-corrected chi connectivity index (χ3v) is 6.22. The number of fused-ring (bicyclic) bond motifs is 1. The molecule has 136 valence electrons. The molecule has 0 aromatic carbocycles. The van der Waals surface area contributed by atoms with Gasteiger partial charge >= 0.3 is 5.97 Å². The van der Waals surface area contributed by atoms with E-state index in [1.54, 1.807) is 7.11 Å². The number of likely N-dealkylation sites (tertiary alicyclic amines) is 2. The van der Waals surface area contributed by atoms with Crippen LogP contribution in [0.1, 0.15) is 38.5 Å². The molecule has 1 N–H and O–H groups in total. The summed E-state index contributed by atoms with van der Waals surface area (Å²) in [5.41, 5.74) is -0.765. The van der Waals surface area contributed by atoms with Crippen molar-refractivity contribution in [3.05, 3.63) is 0 Å². The number of nitrogens with zero attached hydrogens (tertiary/aromatic N) is 2. The van der Waals surface area contributed by atoms with Gasteiger partial charge in [-0.15, -0.1) is 0 Å². The van der Waals surface area contributed by atoms with Crippen LogP contribution in [0.5, 0.6) is 0 Å². The van der Waals surface area contributed by atoms with E-state index in [4.69, 9.17) is 4.74 Å². The monoisotopic (exact) mass is 338 g/mol. The van der Waals surface area contributed by atoms with Gasteiger partial charge in [-0.1, -0.05) is 12.8 Å². The van der Waals surface area contributed by atoms with Crippen molar-refractivity contribution in [3.63, 3.8) is 0 Å². The summed E-state index contributed by atoms with van der Waals surface area (Å²) in [6.45, 7) is 3.91. The molecule has 24 heavy (non-hydrogen) atoms. The molecule has 0 bridgehead atoms. The standard InChI is InChI=1S/C18H30N2O4/c1-24-8-4-7-19-10-15-11-20(13-18(15,12-19)17(22)23)16(21)9-14-5-2-3-6-14/h14-15H,2-13H2,1H3,(H,22,23)/t15-,18-/m0/s1. The highest BCUT2D eigenvalue weighted by Gasteiger charge is 2.58. The zero-order chi connectivity index (χ0) is 17.2. The molecule has 0 spiro atoms. The topological polar surface area (TPSA) is 70.1 Å². The molecule has 6 nitrogen and oxygen atoms in total. The fraction of sp³-hybridized carbons (Fsp3) is 0.889. The summed E-state index contributed by atoms with van der Waals surface area (Å²) in [6, 6.07) is 0. The molecule has 2 heterocycles. The Morgan fingerprint density at radius 3 is 2.58 bits per heavy atom. The van der Waals surface area contributed by atoms with Crippen molar-refractivity contribution in [2.75, 3.05) is 46.4 Å². The van der Waals surface area contributed by atoms with Crippen molar-refractivity contribution < 1.29 is 19.4 Å². The number of methoxy groups -OCH3 is 1. The highest BCUT2D eigenvalue weighted by atomic mass is 16.5. The van der Waals surface area contributed by atoms with Crippen LogP contribution in [0.25, 0.3) is 0 Å². The van der Waals surface area contributed by atoms with Crippen LogP contribution in [0.2, 0.25) is 0 Å². The molecule has 1 saturated carbocycles. The van der Waals surface area contributed by atoms with E-state index in [0.717, 1.165) is 32.4 Å². The largest absolute Gasteiger partial charge is 0.481 e. The first-order valence-electron chi connectivity index (χ1n) is 9.27. The third-order valence-electron chi connectivity index (χ3n) is 6.22. The molecule has 3 aliphatic rings. The smallest absolute Gasteiger partial charge is 0.313 e. The van der Waals surface area contributed by atoms with Gasteiger partial charge in [0.05, 0.1) is 0 Å². The SMILES string of the molecule is COCCCN1C[C@H]2CN(C(=O)CC3CCCC3)C[C@@]2(C(=O)O)C1. The number of amides is 1. The fourth-order valence-corrected chi connectivity index (χ4v) is 4.86. The summed E-state index contributed by atoms with van der Waals surface area (Å²) >= 11 is 0. The van der Waals surface area contributed by atoms with Crippen LogP contribution >= 0.6 is 0 Å². The van der Waals surface area contributed by atoms with Crippen LogP contribution in [0.3, 0.4) is 0 Å². The molecule has 2 atom stereocenters. The summed E-state index contributed by atoms with van der Waals surface area (Å²) in [6.07, 6.45) is 6.30. The lowest BCUT2D eigenvalue weighted by molar-refractivity contribution is -0.149. The number of carboxylic acids is 1. The van der Waals surface area contributed by atoms with Crippen molar-refractivity contribution in [2.45, 2.75) is 38.5 Å². The lowest BCUT2D eigenvalue weighted by atomic mass is 9.81. The lowest BCUT2D eigenvalue weighted by Gasteiger charge is -2.26. The van der Waals surface area contributed by atoms with E-state index in [2.05, 4.69) is 4.90 Å². The summed E-state index contributed by atoms with van der Waals surface area (Å²) in [5.74, 6) is 0.00935. The summed E-state index contributed by atoms with van der Waals surface area (Å²) in [4.78, 5) is 28.7. The zero-order valence-corrected chi connectivity index (χ0v) is 14.7. The van der Waals surface area contributed by atoms with Gasteiger partial charge in [0.15, 0.2) is 0 Å². The molecule has 0 aromatic rings. The molecule has 0 aromatic heterocycles. The van der Waals surface area contributed by atoms with E-state index in [1.165, 1.54) is 12.8 Å². The maximum atomic E-state index is 12.6. The predicted octanol–water partition coefficient (Wildman–Crippen LogP) is 1.45. The lowest BCUT2D eigenvalue weighted by Crippen LogP contribution is -2.42. The summed E-state index contributed by atoms with van der Waals surface area (Å²) < 4.78 is 5.08. The first-order chi connectivity index (χ1) is 11.5. The van der Waals surface area contributed by atoms with E-state index in [1.807, 2.05) is 4.90 Å². The average Bonchev–Trinajstić information content (AvgIpc) is 3.21. The Labute approximate surface area is 144 Å². The van der Waals surface area contributed by atoms with Gasteiger partial charge in [-0.3, -0.25) is 9.59 Å². The molecule has 3 rings (SSSR count). The summed E-state index contributed by atoms with van der Waals surface area (Å²) in [5, 5.41) is 9.86. The Balaban J connectivity index is 1.58. The number of carbonyl (C=O) groups is 2. The number of ether oxygens (including phenoxy) is 1.